The van der Waals surface area contributed by atoms with Crippen molar-refractivity contribution < 1.29 is 23.9 Å². The molecule has 10 heteroatoms. The summed E-state index contributed by atoms with van der Waals surface area (Å²) in [6.45, 7) is 0. The fourth-order valence-electron chi connectivity index (χ4n) is 3.07. The number of nitro benzene ring substituents is 1. The van der Waals surface area contributed by atoms with Crippen LogP contribution in [0.4, 0.5) is 11.4 Å². The first-order chi connectivity index (χ1) is 14.3. The van der Waals surface area contributed by atoms with Gasteiger partial charge in [-0.05, 0) is 18.2 Å². The van der Waals surface area contributed by atoms with Crippen LogP contribution in [0.15, 0.2) is 41.3 Å². The molecule has 0 saturated heterocycles. The van der Waals surface area contributed by atoms with E-state index in [-0.39, 0.29) is 33.6 Å². The second-order valence-corrected chi connectivity index (χ2v) is 6.31. The molecule has 0 aliphatic rings. The van der Waals surface area contributed by atoms with E-state index in [1.54, 1.807) is 0 Å². The van der Waals surface area contributed by atoms with Crippen molar-refractivity contribution in [2.45, 2.75) is 0 Å². The van der Waals surface area contributed by atoms with E-state index in [1.165, 1.54) is 69.5 Å². The molecule has 1 heterocycles. The monoisotopic (exact) mass is 413 g/mol. The van der Waals surface area contributed by atoms with Crippen LogP contribution < -0.4 is 25.1 Å². The number of carbonyl (C=O) groups excluding carboxylic acids is 1. The molecule has 0 radical (unpaired) electrons. The molecule has 156 valence electrons. The average Bonchev–Trinajstić information content (AvgIpc) is 2.74. The van der Waals surface area contributed by atoms with Crippen molar-refractivity contribution in [3.05, 3.63) is 62.6 Å². The molecule has 0 unspecified atom stereocenters. The summed E-state index contributed by atoms with van der Waals surface area (Å²) in [7, 11) is 5.79. The van der Waals surface area contributed by atoms with Gasteiger partial charge in [0.05, 0.1) is 42.9 Å². The van der Waals surface area contributed by atoms with Gasteiger partial charge in [0.2, 0.25) is 0 Å². The van der Waals surface area contributed by atoms with Gasteiger partial charge in [0.25, 0.3) is 17.2 Å². The maximum atomic E-state index is 13.1. The van der Waals surface area contributed by atoms with E-state index in [0.29, 0.717) is 16.9 Å². The Kier molecular flexibility index (Phi) is 5.58. The largest absolute Gasteiger partial charge is 0.495 e. The summed E-state index contributed by atoms with van der Waals surface area (Å²) in [4.78, 5) is 36.2. The van der Waals surface area contributed by atoms with Gasteiger partial charge in [-0.2, -0.15) is 0 Å². The summed E-state index contributed by atoms with van der Waals surface area (Å²) in [5.41, 5.74) is -0.237. The summed E-state index contributed by atoms with van der Waals surface area (Å²) in [6.07, 6.45) is 1.38. The molecule has 0 spiro atoms. The first-order valence-corrected chi connectivity index (χ1v) is 8.69. The van der Waals surface area contributed by atoms with Crippen molar-refractivity contribution in [1.29, 1.82) is 0 Å². The minimum Gasteiger partial charge on any atom is -0.495 e. The Morgan fingerprint density at radius 2 is 1.60 bits per heavy atom. The molecule has 1 amide bonds. The molecule has 3 rings (SSSR count). The van der Waals surface area contributed by atoms with Gasteiger partial charge in [0, 0.05) is 30.8 Å². The van der Waals surface area contributed by atoms with E-state index in [9.17, 15) is 19.7 Å². The molecular weight excluding hydrogens is 394 g/mol. The second kappa shape index (κ2) is 8.11. The molecule has 10 nitrogen and oxygen atoms in total. The zero-order valence-corrected chi connectivity index (χ0v) is 16.7. The van der Waals surface area contributed by atoms with Crippen LogP contribution in [-0.2, 0) is 7.05 Å². The summed E-state index contributed by atoms with van der Waals surface area (Å²) in [5, 5.41) is 14.3. The maximum Gasteiger partial charge on any atom is 0.271 e. The normalized spacial score (nSPS) is 10.5. The number of anilines is 1. The first-order valence-electron chi connectivity index (χ1n) is 8.69. The molecule has 0 aliphatic carbocycles. The van der Waals surface area contributed by atoms with Crippen LogP contribution in [0.3, 0.4) is 0 Å². The molecule has 1 aromatic heterocycles. The number of non-ortho nitro benzene ring substituents is 1. The van der Waals surface area contributed by atoms with Gasteiger partial charge in [-0.3, -0.25) is 19.7 Å². The highest BCUT2D eigenvalue weighted by Crippen LogP contribution is 2.33. The predicted molar refractivity (Wildman–Crippen MR) is 110 cm³/mol. The van der Waals surface area contributed by atoms with Crippen molar-refractivity contribution in [3.63, 3.8) is 0 Å². The fourth-order valence-corrected chi connectivity index (χ4v) is 3.07. The molecule has 3 aromatic rings. The molecule has 0 aliphatic heterocycles. The number of aryl methyl sites for hydroxylation is 1. The molecular formula is C20H19N3O7. The number of carbonyl (C=O) groups is 1. The topological polar surface area (TPSA) is 122 Å². The molecule has 0 fully saturated rings. The van der Waals surface area contributed by atoms with Crippen molar-refractivity contribution in [1.82, 2.24) is 4.57 Å². The Hall–Kier alpha value is -4.08. The fraction of sp³-hybridized carbons (Fsp3) is 0.200. The Bertz CT molecular complexity index is 1220. The molecule has 0 saturated carbocycles. The second-order valence-electron chi connectivity index (χ2n) is 6.31. The van der Waals surface area contributed by atoms with Gasteiger partial charge in [0.15, 0.2) is 11.5 Å². The van der Waals surface area contributed by atoms with Gasteiger partial charge < -0.3 is 24.1 Å². The van der Waals surface area contributed by atoms with E-state index < -0.39 is 10.8 Å². The number of methoxy groups -OCH3 is 3. The van der Waals surface area contributed by atoms with Gasteiger partial charge in [-0.25, -0.2) is 0 Å². The third-order valence-corrected chi connectivity index (χ3v) is 4.57. The average molecular weight is 413 g/mol. The van der Waals surface area contributed by atoms with Gasteiger partial charge >= 0.3 is 0 Å². The zero-order chi connectivity index (χ0) is 22.0. The highest BCUT2D eigenvalue weighted by atomic mass is 16.6. The number of nitro groups is 1. The number of amides is 1. The van der Waals surface area contributed by atoms with Crippen molar-refractivity contribution >= 4 is 28.1 Å². The number of hydrogen-bond donors (Lipinski definition) is 1. The van der Waals surface area contributed by atoms with Gasteiger partial charge in [-0.1, -0.05) is 0 Å². The third kappa shape index (κ3) is 3.62. The van der Waals surface area contributed by atoms with E-state index in [0.717, 1.165) is 0 Å². The summed E-state index contributed by atoms with van der Waals surface area (Å²) < 4.78 is 17.0. The smallest absolute Gasteiger partial charge is 0.271 e. The summed E-state index contributed by atoms with van der Waals surface area (Å²) in [6, 6.07) is 6.90. The van der Waals surface area contributed by atoms with Crippen molar-refractivity contribution in [3.8, 4) is 17.2 Å². The van der Waals surface area contributed by atoms with Gasteiger partial charge in [-0.15, -0.1) is 0 Å². The first kappa shape index (κ1) is 20.6. The SMILES string of the molecule is COc1ccc([N+](=O)[O-])cc1NC(=O)c1cn(C)c(=O)c2cc(OC)c(OC)cc12. The standard InChI is InChI=1S/C20H19N3O7/c1-22-10-14(12-8-17(29-3)18(30-4)9-13(12)20(22)25)19(24)21-15-7-11(23(26)27)5-6-16(15)28-2/h5-10H,1-4H3,(H,21,24). The quantitative estimate of drug-likeness (QED) is 0.487. The van der Waals surface area contributed by atoms with E-state index in [4.69, 9.17) is 14.2 Å². The number of ether oxygens (including phenoxy) is 3. The molecule has 0 atom stereocenters. The number of aromatic nitrogens is 1. The van der Waals surface area contributed by atoms with E-state index >= 15 is 0 Å². The number of pyridine rings is 1. The summed E-state index contributed by atoms with van der Waals surface area (Å²) >= 11 is 0. The minimum absolute atomic E-state index is 0.124. The lowest BCUT2D eigenvalue weighted by Gasteiger charge is -2.14. The Morgan fingerprint density at radius 1 is 1.00 bits per heavy atom. The van der Waals surface area contributed by atoms with Crippen molar-refractivity contribution in [2.75, 3.05) is 26.6 Å². The van der Waals surface area contributed by atoms with Crippen molar-refractivity contribution in [2.24, 2.45) is 7.05 Å². The number of nitrogens with zero attached hydrogens (tertiary/aromatic N) is 2. The Balaban J connectivity index is 2.16. The number of fused-ring (bicyclic) bond motifs is 1. The highest BCUT2D eigenvalue weighted by Gasteiger charge is 2.20. The van der Waals surface area contributed by atoms with Crippen LogP contribution in [0, 0.1) is 10.1 Å². The minimum atomic E-state index is -0.582. The Labute approximate surface area is 170 Å². The van der Waals surface area contributed by atoms with Crippen LogP contribution >= 0.6 is 0 Å². The molecule has 2 aromatic carbocycles. The van der Waals surface area contributed by atoms with Crippen LogP contribution in [0.2, 0.25) is 0 Å². The highest BCUT2D eigenvalue weighted by molar-refractivity contribution is 6.13. The van der Waals surface area contributed by atoms with Crippen LogP contribution in [0.25, 0.3) is 10.8 Å². The van der Waals surface area contributed by atoms with Crippen LogP contribution in [-0.4, -0.2) is 36.7 Å². The number of rotatable bonds is 6. The van der Waals surface area contributed by atoms with E-state index in [1.807, 2.05) is 0 Å². The molecule has 30 heavy (non-hydrogen) atoms. The third-order valence-electron chi connectivity index (χ3n) is 4.57. The Morgan fingerprint density at radius 3 is 2.17 bits per heavy atom. The lowest BCUT2D eigenvalue weighted by atomic mass is 10.1. The number of hydrogen-bond acceptors (Lipinski definition) is 7. The number of benzene rings is 2. The molecule has 0 bridgehead atoms. The lowest BCUT2D eigenvalue weighted by molar-refractivity contribution is -0.384. The van der Waals surface area contributed by atoms with Gasteiger partial charge in [0.1, 0.15) is 5.75 Å². The lowest BCUT2D eigenvalue weighted by Crippen LogP contribution is -2.22. The summed E-state index contributed by atoms with van der Waals surface area (Å²) in [5.74, 6) is 0.365. The van der Waals surface area contributed by atoms with Crippen LogP contribution in [0.5, 0.6) is 17.2 Å². The van der Waals surface area contributed by atoms with Crippen LogP contribution in [0.1, 0.15) is 10.4 Å². The maximum absolute atomic E-state index is 13.1. The zero-order valence-electron chi connectivity index (χ0n) is 16.7. The number of nitrogens with one attached hydrogen (secondary N) is 1. The molecule has 1 N–H and O–H groups in total. The predicted octanol–water partition coefficient (Wildman–Crippen LogP) is 2.72. The van der Waals surface area contributed by atoms with E-state index in [2.05, 4.69) is 5.32 Å².